The fourth-order valence-electron chi connectivity index (χ4n) is 5.27. The molecule has 44 heavy (non-hydrogen) atoms. The maximum absolute atomic E-state index is 14.4. The second-order valence-electron chi connectivity index (χ2n) is 10.6. The molecular formula is C30H26FN7O6. The average Bonchev–Trinajstić information content (AvgIpc) is 3.55. The van der Waals surface area contributed by atoms with E-state index >= 15 is 0 Å². The highest BCUT2D eigenvalue weighted by Crippen LogP contribution is 2.31. The van der Waals surface area contributed by atoms with Crippen molar-refractivity contribution in [3.63, 3.8) is 0 Å². The third-order valence-electron chi connectivity index (χ3n) is 7.64. The Kier molecular flexibility index (Phi) is 7.25. The Morgan fingerprint density at radius 3 is 2.64 bits per heavy atom. The molecule has 4 aromatic rings. The van der Waals surface area contributed by atoms with Gasteiger partial charge in [-0.25, -0.2) is 4.39 Å². The minimum Gasteiger partial charge on any atom is -0.508 e. The van der Waals surface area contributed by atoms with Crippen molar-refractivity contribution in [1.82, 2.24) is 25.2 Å². The molecule has 1 saturated heterocycles. The van der Waals surface area contributed by atoms with Crippen LogP contribution in [0.5, 0.6) is 5.75 Å². The zero-order valence-corrected chi connectivity index (χ0v) is 23.4. The lowest BCUT2D eigenvalue weighted by atomic mass is 10.0. The molecule has 14 heteroatoms. The van der Waals surface area contributed by atoms with Gasteiger partial charge in [-0.05, 0) is 61.2 Å². The highest BCUT2D eigenvalue weighted by Gasteiger charge is 2.44. The summed E-state index contributed by atoms with van der Waals surface area (Å²) in [7, 11) is 0. The molecule has 0 spiro atoms. The van der Waals surface area contributed by atoms with Gasteiger partial charge in [-0.1, -0.05) is 5.21 Å². The Labute approximate surface area is 249 Å². The number of carbonyl (C=O) groups is 5. The lowest BCUT2D eigenvalue weighted by Gasteiger charge is -2.27. The van der Waals surface area contributed by atoms with Crippen molar-refractivity contribution in [1.29, 1.82) is 0 Å². The van der Waals surface area contributed by atoms with E-state index in [1.807, 2.05) is 0 Å². The minimum absolute atomic E-state index is 0.0423. The largest absolute Gasteiger partial charge is 0.508 e. The number of rotatable bonds is 8. The van der Waals surface area contributed by atoms with E-state index < -0.39 is 35.5 Å². The van der Waals surface area contributed by atoms with Gasteiger partial charge in [0.05, 0.1) is 30.4 Å². The summed E-state index contributed by atoms with van der Waals surface area (Å²) in [5.74, 6) is -3.25. The molecule has 0 saturated carbocycles. The van der Waals surface area contributed by atoms with Crippen LogP contribution in [0.2, 0.25) is 0 Å². The lowest BCUT2D eigenvalue weighted by molar-refractivity contribution is -0.136. The number of phenolic OH excluding ortho intramolecular Hbond substituents is 1. The number of nitrogens with zero attached hydrogens (tertiary/aromatic N) is 4. The van der Waals surface area contributed by atoms with Crippen molar-refractivity contribution in [2.45, 2.75) is 45.3 Å². The highest BCUT2D eigenvalue weighted by molar-refractivity contribution is 6.23. The van der Waals surface area contributed by atoms with Crippen molar-refractivity contribution in [2.75, 3.05) is 10.6 Å². The normalized spacial score (nSPS) is 16.3. The van der Waals surface area contributed by atoms with Crippen molar-refractivity contribution in [3.8, 4) is 5.75 Å². The predicted molar refractivity (Wildman–Crippen MR) is 154 cm³/mol. The van der Waals surface area contributed by atoms with Crippen molar-refractivity contribution in [3.05, 3.63) is 76.9 Å². The van der Waals surface area contributed by atoms with Crippen LogP contribution in [0, 0.1) is 12.7 Å². The van der Waals surface area contributed by atoms with Crippen LogP contribution < -0.4 is 16.0 Å². The second kappa shape index (κ2) is 11.2. The molecule has 0 bridgehead atoms. The third kappa shape index (κ3) is 5.32. The fraction of sp³-hybridized carbons (Fsp3) is 0.233. The molecule has 5 amide bonds. The van der Waals surface area contributed by atoms with Gasteiger partial charge < -0.3 is 15.7 Å². The molecule has 3 heterocycles. The molecule has 6 rings (SSSR count). The zero-order valence-electron chi connectivity index (χ0n) is 23.4. The number of nitrogens with one attached hydrogen (secondary N) is 3. The minimum atomic E-state index is -1.04. The van der Waals surface area contributed by atoms with E-state index in [0.29, 0.717) is 27.8 Å². The van der Waals surface area contributed by atoms with Gasteiger partial charge in [-0.2, -0.15) is 0 Å². The maximum Gasteiger partial charge on any atom is 0.262 e. The molecule has 1 fully saturated rings. The number of aryl methyl sites for hydroxylation is 1. The van der Waals surface area contributed by atoms with Crippen LogP contribution in [0.1, 0.15) is 51.2 Å². The number of hydrogen-bond acceptors (Lipinski definition) is 9. The Morgan fingerprint density at radius 2 is 1.84 bits per heavy atom. The Morgan fingerprint density at radius 1 is 1.07 bits per heavy atom. The Hall–Kier alpha value is -5.66. The SMILES string of the molecule is Cc1c(O)cc2cc(NC(=O)CCn3cc(CNc4ccc5c(c4)C(=O)N(C4CCC(=O)NC4=O)C5=O)nn3)ccc2c1F. The number of aromatic nitrogens is 3. The number of carbonyl (C=O) groups excluding carboxylic acids is 5. The molecule has 1 unspecified atom stereocenters. The number of amides is 5. The van der Waals surface area contributed by atoms with Gasteiger partial charge in [0, 0.05) is 35.2 Å². The maximum atomic E-state index is 14.4. The van der Waals surface area contributed by atoms with E-state index in [4.69, 9.17) is 0 Å². The summed E-state index contributed by atoms with van der Waals surface area (Å²) in [6.45, 7) is 1.97. The smallest absolute Gasteiger partial charge is 0.262 e. The molecular weight excluding hydrogens is 573 g/mol. The Bertz CT molecular complexity index is 1890. The number of fused-ring (bicyclic) bond motifs is 2. The number of benzene rings is 3. The molecule has 0 radical (unpaired) electrons. The molecule has 3 aromatic carbocycles. The topological polar surface area (TPSA) is 176 Å². The first-order valence-corrected chi connectivity index (χ1v) is 13.8. The monoisotopic (exact) mass is 599 g/mol. The van der Waals surface area contributed by atoms with Crippen LogP contribution in [0.4, 0.5) is 15.8 Å². The highest BCUT2D eigenvalue weighted by atomic mass is 19.1. The van der Waals surface area contributed by atoms with E-state index in [0.717, 1.165) is 4.90 Å². The summed E-state index contributed by atoms with van der Waals surface area (Å²) < 4.78 is 15.9. The molecule has 1 aromatic heterocycles. The number of halogens is 1. The number of hydrogen-bond donors (Lipinski definition) is 4. The number of aromatic hydroxyl groups is 1. The molecule has 13 nitrogen and oxygen atoms in total. The first-order valence-electron chi connectivity index (χ1n) is 13.8. The van der Waals surface area contributed by atoms with E-state index in [-0.39, 0.29) is 60.7 Å². The molecule has 0 aliphatic carbocycles. The summed E-state index contributed by atoms with van der Waals surface area (Å²) >= 11 is 0. The van der Waals surface area contributed by atoms with Gasteiger partial charge in [0.2, 0.25) is 17.7 Å². The van der Waals surface area contributed by atoms with E-state index in [2.05, 4.69) is 26.3 Å². The van der Waals surface area contributed by atoms with Crippen LogP contribution in [0.25, 0.3) is 10.8 Å². The molecule has 2 aliphatic heterocycles. The summed E-state index contributed by atoms with van der Waals surface area (Å²) in [4.78, 5) is 63.1. The quantitative estimate of drug-likeness (QED) is 0.222. The summed E-state index contributed by atoms with van der Waals surface area (Å²) in [5, 5.41) is 26.9. The second-order valence-corrected chi connectivity index (χ2v) is 10.6. The van der Waals surface area contributed by atoms with E-state index in [1.165, 1.54) is 29.8 Å². The Balaban J connectivity index is 1.03. The van der Waals surface area contributed by atoms with E-state index in [1.54, 1.807) is 30.5 Å². The van der Waals surface area contributed by atoms with Crippen LogP contribution >= 0.6 is 0 Å². The molecule has 4 N–H and O–H groups in total. The van der Waals surface area contributed by atoms with Crippen LogP contribution in [0.3, 0.4) is 0 Å². The van der Waals surface area contributed by atoms with Crippen LogP contribution in [0.15, 0.2) is 48.7 Å². The zero-order chi connectivity index (χ0) is 31.1. The van der Waals surface area contributed by atoms with Gasteiger partial charge in [-0.3, -0.25) is 38.9 Å². The average molecular weight is 600 g/mol. The summed E-state index contributed by atoms with van der Waals surface area (Å²) in [5.41, 5.74) is 2.06. The third-order valence-corrected chi connectivity index (χ3v) is 7.64. The molecule has 224 valence electrons. The van der Waals surface area contributed by atoms with Gasteiger partial charge in [0.25, 0.3) is 11.8 Å². The number of anilines is 2. The molecule has 2 aliphatic rings. The number of piperidine rings is 1. The molecule has 1 atom stereocenters. The fourth-order valence-corrected chi connectivity index (χ4v) is 5.27. The van der Waals surface area contributed by atoms with Crippen LogP contribution in [-0.2, 0) is 27.5 Å². The van der Waals surface area contributed by atoms with Gasteiger partial charge >= 0.3 is 0 Å². The van der Waals surface area contributed by atoms with Crippen LogP contribution in [-0.4, -0.2) is 60.6 Å². The standard InChI is InChI=1S/C30H26FN7O6/c1-15-24(39)11-16-10-18(3-4-20(16)27(15)31)33-26(41)8-9-37-14-19(35-36-37)13-32-17-2-5-21-22(12-17)30(44)38(29(21)43)23-6-7-25(40)34-28(23)42/h2-5,10-12,14,23,32,39H,6-9,13H2,1H3,(H,33,41)(H,34,40,42). The summed E-state index contributed by atoms with van der Waals surface area (Å²) in [6, 6.07) is 9.81. The van der Waals surface area contributed by atoms with Crippen molar-refractivity contribution >= 4 is 51.7 Å². The van der Waals surface area contributed by atoms with Crippen molar-refractivity contribution in [2.24, 2.45) is 0 Å². The first kappa shape index (κ1) is 28.5. The first-order chi connectivity index (χ1) is 21.1. The van der Waals surface area contributed by atoms with Gasteiger partial charge in [0.15, 0.2) is 0 Å². The predicted octanol–water partition coefficient (Wildman–Crippen LogP) is 2.63. The van der Waals surface area contributed by atoms with Gasteiger partial charge in [-0.15, -0.1) is 5.10 Å². The summed E-state index contributed by atoms with van der Waals surface area (Å²) in [6.07, 6.45) is 1.87. The van der Waals surface area contributed by atoms with Crippen molar-refractivity contribution < 1.29 is 33.5 Å². The lowest BCUT2D eigenvalue weighted by Crippen LogP contribution is -2.54. The number of imide groups is 2. The number of phenols is 1. The van der Waals surface area contributed by atoms with E-state index in [9.17, 15) is 33.5 Å². The van der Waals surface area contributed by atoms with Gasteiger partial charge in [0.1, 0.15) is 23.3 Å².